The van der Waals surface area contributed by atoms with Gasteiger partial charge in [0.25, 0.3) is 0 Å². The second kappa shape index (κ2) is 7.40. The number of ether oxygens (including phenoxy) is 2. The van der Waals surface area contributed by atoms with Gasteiger partial charge in [0.1, 0.15) is 23.6 Å². The van der Waals surface area contributed by atoms with Crippen molar-refractivity contribution >= 4 is 23.8 Å². The molecule has 2 amide bonds. The van der Waals surface area contributed by atoms with Gasteiger partial charge in [0.05, 0.1) is 11.8 Å². The molecule has 7 nitrogen and oxygen atoms in total. The number of hydrogen-bond donors (Lipinski definition) is 0. The topological polar surface area (TPSA) is 90.0 Å². The van der Waals surface area contributed by atoms with E-state index in [4.69, 9.17) is 9.47 Å². The monoisotopic (exact) mass is 443 g/mol. The molecule has 0 N–H and O–H groups in total. The maximum Gasteiger partial charge on any atom is 0.347 e. The van der Waals surface area contributed by atoms with E-state index in [0.717, 1.165) is 11.3 Å². The van der Waals surface area contributed by atoms with Crippen molar-refractivity contribution in [1.29, 1.82) is 0 Å². The Morgan fingerprint density at radius 3 is 2.09 bits per heavy atom. The van der Waals surface area contributed by atoms with E-state index in [1.54, 1.807) is 42.5 Å². The van der Waals surface area contributed by atoms with Crippen LogP contribution in [0.25, 0.3) is 0 Å². The van der Waals surface area contributed by atoms with Gasteiger partial charge in [-0.1, -0.05) is 42.5 Å². The minimum atomic E-state index is -0.777. The number of nitrogens with zero attached hydrogens (tertiary/aromatic N) is 1. The van der Waals surface area contributed by atoms with Crippen molar-refractivity contribution in [3.8, 4) is 11.5 Å². The Labute approximate surface area is 190 Å². The number of carbonyl (C=O) groups is 4. The molecule has 6 atom stereocenters. The van der Waals surface area contributed by atoms with E-state index in [9.17, 15) is 19.2 Å². The van der Waals surface area contributed by atoms with Crippen LogP contribution in [-0.4, -0.2) is 35.2 Å². The Kier molecular flexibility index (Phi) is 4.47. The molecule has 2 aromatic carbocycles. The number of rotatable bonds is 5. The SMILES string of the molecule is O=C(CN1C(=O)[C@H]2[C@@H]3C=C[C@@H]([C@H]4C[C@H]34)[C@@H]2C1=O)Oc1ccccc1C(=O)Oc1ccccc1. The summed E-state index contributed by atoms with van der Waals surface area (Å²) in [7, 11) is 0. The van der Waals surface area contributed by atoms with Crippen molar-refractivity contribution in [3.63, 3.8) is 0 Å². The number of hydrogen-bond acceptors (Lipinski definition) is 6. The molecule has 2 aromatic rings. The lowest BCUT2D eigenvalue weighted by Crippen LogP contribution is -2.40. The molecule has 0 aromatic heterocycles. The van der Waals surface area contributed by atoms with Gasteiger partial charge in [-0.25, -0.2) is 9.59 Å². The standard InChI is InChI=1S/C26H21NO6/c28-21(33-20-9-5-4-8-17(20)26(31)32-14-6-2-1-3-7-14)13-27-24(29)22-15-10-11-16(19-12-18(15)19)23(22)25(27)30/h1-11,15-16,18-19,22-23H,12-13H2/t15-,16+,18-,19-,22+,23+/m1/s1. The molecule has 166 valence electrons. The zero-order valence-electron chi connectivity index (χ0n) is 17.6. The molecule has 1 saturated heterocycles. The average Bonchev–Trinajstić information content (AvgIpc) is 3.61. The first-order chi connectivity index (χ1) is 16.0. The van der Waals surface area contributed by atoms with Crippen molar-refractivity contribution in [2.45, 2.75) is 6.42 Å². The summed E-state index contributed by atoms with van der Waals surface area (Å²) in [5, 5.41) is 0. The molecular weight excluding hydrogens is 422 g/mol. The molecule has 1 heterocycles. The van der Waals surface area contributed by atoms with Crippen LogP contribution in [0, 0.1) is 35.5 Å². The van der Waals surface area contributed by atoms with Crippen LogP contribution < -0.4 is 9.47 Å². The molecule has 2 saturated carbocycles. The quantitative estimate of drug-likeness (QED) is 0.306. The zero-order chi connectivity index (χ0) is 22.7. The predicted molar refractivity (Wildman–Crippen MR) is 115 cm³/mol. The lowest BCUT2D eigenvalue weighted by Gasteiger charge is -2.37. The number of benzene rings is 2. The van der Waals surface area contributed by atoms with Crippen molar-refractivity contribution in [1.82, 2.24) is 4.90 Å². The van der Waals surface area contributed by atoms with E-state index in [1.807, 2.05) is 0 Å². The van der Waals surface area contributed by atoms with E-state index in [2.05, 4.69) is 12.2 Å². The number of esters is 2. The lowest BCUT2D eigenvalue weighted by molar-refractivity contribution is -0.148. The Balaban J connectivity index is 1.16. The van der Waals surface area contributed by atoms with Gasteiger partial charge in [0.15, 0.2) is 0 Å². The molecule has 4 aliphatic carbocycles. The molecule has 3 fully saturated rings. The second-order valence-corrected chi connectivity index (χ2v) is 9.09. The molecule has 0 radical (unpaired) electrons. The zero-order valence-corrected chi connectivity index (χ0v) is 17.6. The minimum Gasteiger partial charge on any atom is -0.424 e. The van der Waals surface area contributed by atoms with Crippen molar-refractivity contribution in [3.05, 3.63) is 72.3 Å². The molecule has 2 bridgehead atoms. The highest BCUT2D eigenvalue weighted by atomic mass is 16.6. The third kappa shape index (κ3) is 3.18. The number of allylic oxidation sites excluding steroid dienone is 2. The number of carbonyl (C=O) groups excluding carboxylic acids is 4. The summed E-state index contributed by atoms with van der Waals surface area (Å²) in [6.07, 6.45) is 5.25. The van der Waals surface area contributed by atoms with Crippen LogP contribution in [0.4, 0.5) is 0 Å². The summed E-state index contributed by atoms with van der Waals surface area (Å²) in [6, 6.07) is 14.8. The number of likely N-dealkylation sites (tertiary alicyclic amines) is 1. The van der Waals surface area contributed by atoms with E-state index in [0.29, 0.717) is 17.6 Å². The molecule has 0 spiro atoms. The highest BCUT2D eigenvalue weighted by molar-refractivity contribution is 6.08. The van der Waals surface area contributed by atoms with Crippen molar-refractivity contribution in [2.75, 3.05) is 6.54 Å². The van der Waals surface area contributed by atoms with E-state index in [1.165, 1.54) is 12.1 Å². The molecular formula is C26H21NO6. The van der Waals surface area contributed by atoms with Crippen molar-refractivity contribution in [2.24, 2.45) is 35.5 Å². The molecule has 5 aliphatic rings. The van der Waals surface area contributed by atoms with Gasteiger partial charge < -0.3 is 9.47 Å². The van der Waals surface area contributed by atoms with Crippen LogP contribution in [0.2, 0.25) is 0 Å². The van der Waals surface area contributed by atoms with E-state index < -0.39 is 18.5 Å². The summed E-state index contributed by atoms with van der Waals surface area (Å²) >= 11 is 0. The van der Waals surface area contributed by atoms with Crippen LogP contribution in [0.3, 0.4) is 0 Å². The Morgan fingerprint density at radius 1 is 0.818 bits per heavy atom. The van der Waals surface area contributed by atoms with Crippen LogP contribution >= 0.6 is 0 Å². The van der Waals surface area contributed by atoms with Gasteiger partial charge in [-0.3, -0.25) is 14.5 Å². The Hall–Kier alpha value is -3.74. The maximum atomic E-state index is 13.1. The van der Waals surface area contributed by atoms with Gasteiger partial charge >= 0.3 is 11.9 Å². The van der Waals surface area contributed by atoms with Crippen molar-refractivity contribution < 1.29 is 28.7 Å². The fourth-order valence-corrected chi connectivity index (χ4v) is 5.83. The third-order valence-corrected chi connectivity index (χ3v) is 7.33. The first-order valence-electron chi connectivity index (χ1n) is 11.1. The van der Waals surface area contributed by atoms with Gasteiger partial charge in [-0.15, -0.1) is 0 Å². The summed E-state index contributed by atoms with van der Waals surface area (Å²) in [5.74, 6) is -1.21. The van der Waals surface area contributed by atoms with Gasteiger partial charge in [-0.2, -0.15) is 0 Å². The third-order valence-electron chi connectivity index (χ3n) is 7.33. The summed E-state index contributed by atoms with van der Waals surface area (Å²) in [5.41, 5.74) is 0.0739. The first-order valence-corrected chi connectivity index (χ1v) is 11.1. The fraction of sp³-hybridized carbons (Fsp3) is 0.308. The van der Waals surface area contributed by atoms with Gasteiger partial charge in [0, 0.05) is 0 Å². The molecule has 33 heavy (non-hydrogen) atoms. The van der Waals surface area contributed by atoms with Crippen LogP contribution in [0.1, 0.15) is 16.8 Å². The fourth-order valence-electron chi connectivity index (χ4n) is 5.83. The average molecular weight is 443 g/mol. The number of para-hydroxylation sites is 2. The smallest absolute Gasteiger partial charge is 0.347 e. The summed E-state index contributed by atoms with van der Waals surface area (Å²) < 4.78 is 10.8. The number of amides is 2. The van der Waals surface area contributed by atoms with E-state index in [-0.39, 0.29) is 46.8 Å². The highest BCUT2D eigenvalue weighted by Gasteiger charge is 2.67. The minimum absolute atomic E-state index is 0.0166. The van der Waals surface area contributed by atoms with E-state index >= 15 is 0 Å². The molecule has 1 aliphatic heterocycles. The van der Waals surface area contributed by atoms with Gasteiger partial charge in [-0.05, 0) is 54.4 Å². The normalized spacial score (nSPS) is 30.6. The first kappa shape index (κ1) is 19.9. The van der Waals surface area contributed by atoms with Gasteiger partial charge in [0.2, 0.25) is 11.8 Å². The molecule has 7 heteroatoms. The largest absolute Gasteiger partial charge is 0.424 e. The predicted octanol–water partition coefficient (Wildman–Crippen LogP) is 2.86. The lowest BCUT2D eigenvalue weighted by atomic mass is 9.63. The summed E-state index contributed by atoms with van der Waals surface area (Å²) in [4.78, 5) is 52.5. The highest BCUT2D eigenvalue weighted by Crippen LogP contribution is 2.65. The molecule has 0 unspecified atom stereocenters. The Bertz CT molecular complexity index is 1170. The summed E-state index contributed by atoms with van der Waals surface area (Å²) in [6.45, 7) is -0.471. The Morgan fingerprint density at radius 2 is 1.42 bits per heavy atom. The van der Waals surface area contributed by atoms with Crippen LogP contribution in [0.15, 0.2) is 66.7 Å². The number of imide groups is 1. The maximum absolute atomic E-state index is 13.1. The van der Waals surface area contributed by atoms with Crippen LogP contribution in [0.5, 0.6) is 11.5 Å². The second-order valence-electron chi connectivity index (χ2n) is 9.09. The van der Waals surface area contributed by atoms with Crippen LogP contribution in [-0.2, 0) is 14.4 Å². The molecule has 7 rings (SSSR count).